The van der Waals surface area contributed by atoms with Crippen LogP contribution < -0.4 is 21.3 Å². The Morgan fingerprint density at radius 1 is 1.10 bits per heavy atom. The Hall–Kier alpha value is -3.48. The summed E-state index contributed by atoms with van der Waals surface area (Å²) in [5, 5.41) is 26.0. The number of hydrogen-bond acceptors (Lipinski definition) is 8. The van der Waals surface area contributed by atoms with Crippen molar-refractivity contribution in [3.63, 3.8) is 0 Å². The molecule has 5 amide bonds. The van der Waals surface area contributed by atoms with Gasteiger partial charge in [-0.25, -0.2) is 0 Å². The molecule has 0 aromatic carbocycles. The Morgan fingerprint density at radius 3 is 2.43 bits per heavy atom. The summed E-state index contributed by atoms with van der Waals surface area (Å²) in [4.78, 5) is 67.1. The Labute approximate surface area is 245 Å². The van der Waals surface area contributed by atoms with Crippen LogP contribution >= 0.6 is 0 Å². The summed E-state index contributed by atoms with van der Waals surface area (Å²) in [7, 11) is 0. The zero-order valence-electron chi connectivity index (χ0n) is 24.7. The average molecular weight is 589 g/mol. The first kappa shape index (κ1) is 31.5. The molecule has 3 fully saturated rings. The lowest BCUT2D eigenvalue weighted by molar-refractivity contribution is -0.146. The van der Waals surface area contributed by atoms with E-state index >= 15 is 0 Å². The van der Waals surface area contributed by atoms with Gasteiger partial charge in [-0.2, -0.15) is 0 Å². The number of likely N-dealkylation sites (tertiary alicyclic amines) is 1. The van der Waals surface area contributed by atoms with Crippen molar-refractivity contribution in [2.24, 2.45) is 11.8 Å². The van der Waals surface area contributed by atoms with Crippen LogP contribution in [0.15, 0.2) is 10.6 Å². The maximum absolute atomic E-state index is 13.8. The quantitative estimate of drug-likeness (QED) is 0.248. The summed E-state index contributed by atoms with van der Waals surface area (Å²) in [6.45, 7) is 6.08. The fraction of sp³-hybridized carbons (Fsp3) is 0.724. The highest BCUT2D eigenvalue weighted by Crippen LogP contribution is 2.23. The fourth-order valence-corrected chi connectivity index (χ4v) is 6.11. The van der Waals surface area contributed by atoms with Crippen LogP contribution in [0.3, 0.4) is 0 Å². The minimum absolute atomic E-state index is 0.0194. The van der Waals surface area contributed by atoms with Crippen LogP contribution in [0.4, 0.5) is 0 Å². The van der Waals surface area contributed by atoms with Gasteiger partial charge in [0.15, 0.2) is 11.8 Å². The number of carbonyl (C=O) groups excluding carboxylic acids is 5. The van der Waals surface area contributed by atoms with E-state index in [0.717, 1.165) is 25.7 Å². The summed E-state index contributed by atoms with van der Waals surface area (Å²) in [5.74, 6) is -2.47. The molecule has 2 aliphatic heterocycles. The van der Waals surface area contributed by atoms with Gasteiger partial charge < -0.3 is 35.8 Å². The third-order valence-corrected chi connectivity index (χ3v) is 8.55. The highest BCUT2D eigenvalue weighted by Gasteiger charge is 2.40. The average Bonchev–Trinajstić information content (AvgIpc) is 3.73. The van der Waals surface area contributed by atoms with Gasteiger partial charge in [0.1, 0.15) is 17.8 Å². The number of aromatic nitrogens is 1. The molecule has 0 radical (unpaired) electrons. The van der Waals surface area contributed by atoms with E-state index in [-0.39, 0.29) is 30.0 Å². The molecule has 0 spiro atoms. The molecule has 1 unspecified atom stereocenters. The lowest BCUT2D eigenvalue weighted by Crippen LogP contribution is -2.61. The molecule has 3 aliphatic rings. The van der Waals surface area contributed by atoms with E-state index in [1.165, 1.54) is 11.0 Å². The minimum atomic E-state index is -1.55. The van der Waals surface area contributed by atoms with Crippen molar-refractivity contribution in [1.82, 2.24) is 31.3 Å². The number of hydrogen-bond donors (Lipinski definition) is 5. The Bertz CT molecular complexity index is 1150. The zero-order chi connectivity index (χ0) is 30.4. The highest BCUT2D eigenvalue weighted by molar-refractivity contribution is 5.97. The molecule has 13 heteroatoms. The number of rotatable bonds is 11. The van der Waals surface area contributed by atoms with Gasteiger partial charge >= 0.3 is 0 Å². The highest BCUT2D eigenvalue weighted by atomic mass is 16.5. The predicted molar refractivity (Wildman–Crippen MR) is 151 cm³/mol. The van der Waals surface area contributed by atoms with Crippen molar-refractivity contribution in [1.29, 1.82) is 0 Å². The topological polar surface area (TPSA) is 183 Å². The predicted octanol–water partition coefficient (Wildman–Crippen LogP) is 0.549. The fourth-order valence-electron chi connectivity index (χ4n) is 6.11. The zero-order valence-corrected chi connectivity index (χ0v) is 24.7. The van der Waals surface area contributed by atoms with Crippen molar-refractivity contribution < 1.29 is 33.6 Å². The molecule has 13 nitrogen and oxygen atoms in total. The standard InChI is InChI=1S/C29H44N6O7/c1-16(2)23(33-26(38)21-14-17(3)42-34-21)29(41)35-13-7-6-10-22(35)27(39)32-20(15-18-11-12-30-25(18)37)24(36)28(40)31-19-8-4-5-9-19/h14,16,18-20,22-24,36H,4-13,15H2,1-3H3,(H,30,37)(H,31,40)(H,32,39)(H,33,38)/t18-,20-,22-,23-,24?/m0/s1. The molecular weight excluding hydrogens is 544 g/mol. The molecule has 1 saturated carbocycles. The summed E-state index contributed by atoms with van der Waals surface area (Å²) >= 11 is 0. The summed E-state index contributed by atoms with van der Waals surface area (Å²) in [5.41, 5.74) is 0.0579. The van der Waals surface area contributed by atoms with E-state index in [4.69, 9.17) is 4.52 Å². The molecule has 232 valence electrons. The molecule has 42 heavy (non-hydrogen) atoms. The number of piperidine rings is 1. The van der Waals surface area contributed by atoms with Gasteiger partial charge in [0.2, 0.25) is 17.7 Å². The molecule has 5 atom stereocenters. The second-order valence-corrected chi connectivity index (χ2v) is 12.1. The monoisotopic (exact) mass is 588 g/mol. The van der Waals surface area contributed by atoms with Crippen LogP contribution in [0.5, 0.6) is 0 Å². The molecule has 4 rings (SSSR count). The number of aryl methyl sites for hydroxylation is 1. The van der Waals surface area contributed by atoms with Crippen molar-refractivity contribution in [3.8, 4) is 0 Å². The van der Waals surface area contributed by atoms with Crippen molar-refractivity contribution >= 4 is 29.5 Å². The molecule has 5 N–H and O–H groups in total. The van der Waals surface area contributed by atoms with Crippen LogP contribution in [-0.2, 0) is 19.2 Å². The van der Waals surface area contributed by atoms with E-state index in [1.807, 2.05) is 0 Å². The molecule has 3 heterocycles. The van der Waals surface area contributed by atoms with Crippen LogP contribution in [0.25, 0.3) is 0 Å². The van der Waals surface area contributed by atoms with Crippen molar-refractivity contribution in [3.05, 3.63) is 17.5 Å². The van der Waals surface area contributed by atoms with E-state index in [1.54, 1.807) is 20.8 Å². The number of carbonyl (C=O) groups is 5. The number of nitrogens with one attached hydrogen (secondary N) is 4. The van der Waals surface area contributed by atoms with Gasteiger partial charge in [-0.3, -0.25) is 24.0 Å². The largest absolute Gasteiger partial charge is 0.381 e. The van der Waals surface area contributed by atoms with Gasteiger partial charge in [0.25, 0.3) is 11.8 Å². The number of nitrogens with zero attached hydrogens (tertiary/aromatic N) is 2. The molecule has 2 saturated heterocycles. The van der Waals surface area contributed by atoms with Crippen LogP contribution in [-0.4, -0.2) is 88.1 Å². The van der Waals surface area contributed by atoms with Gasteiger partial charge in [-0.15, -0.1) is 0 Å². The van der Waals surface area contributed by atoms with Crippen LogP contribution in [0, 0.1) is 18.8 Å². The normalized spacial score (nSPS) is 23.3. The summed E-state index contributed by atoms with van der Waals surface area (Å²) in [6, 6.07) is -1.32. The smallest absolute Gasteiger partial charge is 0.274 e. The number of aliphatic hydroxyl groups is 1. The lowest BCUT2D eigenvalue weighted by atomic mass is 9.93. The maximum Gasteiger partial charge on any atom is 0.274 e. The van der Waals surface area contributed by atoms with Gasteiger partial charge in [-0.1, -0.05) is 31.8 Å². The SMILES string of the molecule is Cc1cc(C(=O)N[C@H](C(=O)N2CCCC[C@H]2C(=O)N[C@@H](C[C@@H]2CCNC2=O)C(O)C(=O)NC2CCCC2)C(C)C)no1. The number of aliphatic hydroxyl groups excluding tert-OH is 1. The summed E-state index contributed by atoms with van der Waals surface area (Å²) < 4.78 is 4.98. The van der Waals surface area contributed by atoms with Crippen LogP contribution in [0.1, 0.15) is 87.9 Å². The van der Waals surface area contributed by atoms with E-state index in [2.05, 4.69) is 26.4 Å². The van der Waals surface area contributed by atoms with Gasteiger partial charge in [-0.05, 0) is 57.8 Å². The van der Waals surface area contributed by atoms with Gasteiger partial charge in [0.05, 0.1) is 6.04 Å². The Balaban J connectivity index is 1.48. The molecule has 0 bridgehead atoms. The maximum atomic E-state index is 13.8. The molecule has 1 aromatic rings. The van der Waals surface area contributed by atoms with Crippen LogP contribution in [0.2, 0.25) is 0 Å². The number of amides is 5. The van der Waals surface area contributed by atoms with Crippen molar-refractivity contribution in [2.45, 2.75) is 109 Å². The van der Waals surface area contributed by atoms with E-state index < -0.39 is 53.8 Å². The second kappa shape index (κ2) is 14.1. The van der Waals surface area contributed by atoms with E-state index in [0.29, 0.717) is 44.5 Å². The molecular formula is C29H44N6O7. The molecule has 1 aliphatic carbocycles. The van der Waals surface area contributed by atoms with E-state index in [9.17, 15) is 29.1 Å². The lowest BCUT2D eigenvalue weighted by Gasteiger charge is -2.39. The third-order valence-electron chi connectivity index (χ3n) is 8.55. The Morgan fingerprint density at radius 2 is 1.81 bits per heavy atom. The first-order valence-electron chi connectivity index (χ1n) is 15.2. The minimum Gasteiger partial charge on any atom is -0.381 e. The first-order valence-corrected chi connectivity index (χ1v) is 15.2. The second-order valence-electron chi connectivity index (χ2n) is 12.1. The summed E-state index contributed by atoms with van der Waals surface area (Å²) in [6.07, 6.45) is 4.55. The third kappa shape index (κ3) is 7.67. The van der Waals surface area contributed by atoms with Crippen molar-refractivity contribution in [2.75, 3.05) is 13.1 Å². The van der Waals surface area contributed by atoms with Gasteiger partial charge in [0, 0.05) is 31.1 Å². The first-order chi connectivity index (χ1) is 20.0. The Kier molecular flexibility index (Phi) is 10.6. The molecule has 1 aromatic heterocycles.